The molecule has 0 saturated heterocycles. The Morgan fingerprint density at radius 3 is 2.67 bits per heavy atom. The number of hydrogen-bond donors (Lipinski definition) is 1. The zero-order valence-electron chi connectivity index (χ0n) is 8.05. The van der Waals surface area contributed by atoms with Crippen LogP contribution in [-0.2, 0) is 4.79 Å². The molecule has 0 unspecified atom stereocenters. The molecule has 15 heavy (non-hydrogen) atoms. The van der Waals surface area contributed by atoms with E-state index in [9.17, 15) is 4.79 Å². The minimum absolute atomic E-state index is 0.926. The Hall–Kier alpha value is -2.09. The first-order chi connectivity index (χ1) is 7.27. The molecule has 0 radical (unpaired) electrons. The molecule has 74 valence electrons. The van der Waals surface area contributed by atoms with Crippen molar-refractivity contribution < 1.29 is 9.90 Å². The highest BCUT2D eigenvalue weighted by Crippen LogP contribution is 2.27. The Morgan fingerprint density at radius 1 is 1.07 bits per heavy atom. The molecule has 1 N–H and O–H groups in total. The van der Waals surface area contributed by atoms with Crippen molar-refractivity contribution >= 4 is 12.0 Å². The van der Waals surface area contributed by atoms with Gasteiger partial charge < -0.3 is 5.11 Å². The molecule has 2 aliphatic rings. The van der Waals surface area contributed by atoms with Crippen LogP contribution >= 0.6 is 0 Å². The molecular formula is C13H10O2. The molecule has 2 heteroatoms. The van der Waals surface area contributed by atoms with Crippen molar-refractivity contribution in [1.82, 2.24) is 0 Å². The van der Waals surface area contributed by atoms with Crippen LogP contribution in [0.5, 0.6) is 0 Å². The maximum Gasteiger partial charge on any atom is 0.328 e. The minimum Gasteiger partial charge on any atom is -0.478 e. The van der Waals surface area contributed by atoms with Gasteiger partial charge in [-0.15, -0.1) is 0 Å². The summed E-state index contributed by atoms with van der Waals surface area (Å²) in [5.74, 6) is -0.926. The molecule has 0 heterocycles. The van der Waals surface area contributed by atoms with Gasteiger partial charge in [-0.25, -0.2) is 4.79 Å². The molecule has 0 aromatic rings. The predicted octanol–water partition coefficient (Wildman–Crippen LogP) is 2.89. The molecule has 0 aromatic heterocycles. The van der Waals surface area contributed by atoms with Gasteiger partial charge in [-0.05, 0) is 22.8 Å². The Kier molecular flexibility index (Phi) is 2.50. The van der Waals surface area contributed by atoms with Crippen LogP contribution in [-0.4, -0.2) is 11.1 Å². The maximum absolute atomic E-state index is 10.4. The third-order valence-electron chi connectivity index (χ3n) is 2.23. The summed E-state index contributed by atoms with van der Waals surface area (Å²) in [5.41, 5.74) is 3.12. The normalized spacial score (nSPS) is 10.9. The molecule has 0 amide bonds. The third-order valence-corrected chi connectivity index (χ3v) is 2.23. The van der Waals surface area contributed by atoms with E-state index in [2.05, 4.69) is 0 Å². The smallest absolute Gasteiger partial charge is 0.328 e. The largest absolute Gasteiger partial charge is 0.478 e. The molecule has 0 aromatic carbocycles. The second-order valence-electron chi connectivity index (χ2n) is 3.24. The third kappa shape index (κ3) is 2.05. The van der Waals surface area contributed by atoms with E-state index < -0.39 is 5.97 Å². The number of carboxylic acids is 1. The molecule has 0 saturated carbocycles. The fraction of sp³-hybridized carbons (Fsp3) is 0. The molecule has 0 atom stereocenters. The minimum atomic E-state index is -0.926. The first-order valence-corrected chi connectivity index (χ1v) is 4.66. The van der Waals surface area contributed by atoms with Crippen LogP contribution in [0.1, 0.15) is 5.56 Å². The summed E-state index contributed by atoms with van der Waals surface area (Å²) in [6.45, 7) is 0. The summed E-state index contributed by atoms with van der Waals surface area (Å²) in [6, 6.07) is 13.8. The van der Waals surface area contributed by atoms with Gasteiger partial charge >= 0.3 is 5.97 Å². The van der Waals surface area contributed by atoms with Crippen LogP contribution in [0.25, 0.3) is 17.2 Å². The van der Waals surface area contributed by atoms with Crippen LogP contribution in [0.15, 0.2) is 48.5 Å². The Morgan fingerprint density at radius 2 is 1.87 bits per heavy atom. The standard InChI is InChI=1S/C13H10O2/c14-13(15)9-8-11-7-6-10-4-2-1-3-5-12(10)11/h1-9H,(H,14,15)/b9-8+. The number of aliphatic carboxylic acids is 1. The van der Waals surface area contributed by atoms with Crippen molar-refractivity contribution in [1.29, 1.82) is 0 Å². The zero-order chi connectivity index (χ0) is 10.7. The highest BCUT2D eigenvalue weighted by Gasteiger charge is 2.04. The van der Waals surface area contributed by atoms with Crippen molar-refractivity contribution in [2.24, 2.45) is 0 Å². The first kappa shape index (κ1) is 9.46. The first-order valence-electron chi connectivity index (χ1n) is 4.66. The summed E-state index contributed by atoms with van der Waals surface area (Å²) < 4.78 is 0. The molecule has 2 rings (SSSR count). The van der Waals surface area contributed by atoms with E-state index in [0.29, 0.717) is 0 Å². The summed E-state index contributed by atoms with van der Waals surface area (Å²) >= 11 is 0. The molecule has 0 bridgehead atoms. The fourth-order valence-electron chi connectivity index (χ4n) is 1.55. The van der Waals surface area contributed by atoms with Crippen molar-refractivity contribution in [3.8, 4) is 11.1 Å². The average Bonchev–Trinajstić information content (AvgIpc) is 2.44. The second-order valence-corrected chi connectivity index (χ2v) is 3.24. The lowest BCUT2D eigenvalue weighted by Crippen LogP contribution is -1.85. The molecule has 2 aliphatic carbocycles. The summed E-state index contributed by atoms with van der Waals surface area (Å²) in [4.78, 5) is 10.4. The number of hydrogen-bond acceptors (Lipinski definition) is 1. The van der Waals surface area contributed by atoms with E-state index in [1.165, 1.54) is 0 Å². The predicted molar refractivity (Wildman–Crippen MR) is 59.7 cm³/mol. The molecule has 0 aliphatic heterocycles. The molecule has 0 fully saturated rings. The van der Waals surface area contributed by atoms with Crippen molar-refractivity contribution in [2.75, 3.05) is 0 Å². The van der Waals surface area contributed by atoms with Crippen LogP contribution in [0.2, 0.25) is 0 Å². The second kappa shape index (κ2) is 3.96. The summed E-state index contributed by atoms with van der Waals surface area (Å²) in [5, 5.41) is 8.55. The number of fused-ring (bicyclic) bond motifs is 1. The van der Waals surface area contributed by atoms with Gasteiger partial charge in [0, 0.05) is 6.08 Å². The zero-order valence-corrected chi connectivity index (χ0v) is 8.05. The van der Waals surface area contributed by atoms with Crippen LogP contribution in [0, 0.1) is 0 Å². The fourth-order valence-corrected chi connectivity index (χ4v) is 1.55. The van der Waals surface area contributed by atoms with Gasteiger partial charge in [-0.2, -0.15) is 0 Å². The van der Waals surface area contributed by atoms with Gasteiger partial charge in [0.1, 0.15) is 0 Å². The van der Waals surface area contributed by atoms with E-state index in [1.807, 2.05) is 42.5 Å². The van der Waals surface area contributed by atoms with E-state index >= 15 is 0 Å². The summed E-state index contributed by atoms with van der Waals surface area (Å²) in [6.07, 6.45) is 2.77. The van der Waals surface area contributed by atoms with Crippen molar-refractivity contribution in [3.05, 3.63) is 54.1 Å². The van der Waals surface area contributed by atoms with E-state index in [4.69, 9.17) is 5.11 Å². The number of rotatable bonds is 2. The Balaban J connectivity index is 2.45. The van der Waals surface area contributed by atoms with E-state index in [1.54, 1.807) is 6.08 Å². The highest BCUT2D eigenvalue weighted by atomic mass is 16.4. The van der Waals surface area contributed by atoms with Crippen molar-refractivity contribution in [3.63, 3.8) is 0 Å². The molecule has 2 nitrogen and oxygen atoms in total. The quantitative estimate of drug-likeness (QED) is 0.753. The van der Waals surface area contributed by atoms with E-state index in [-0.39, 0.29) is 0 Å². The molecular weight excluding hydrogens is 188 g/mol. The van der Waals surface area contributed by atoms with Gasteiger partial charge in [-0.3, -0.25) is 0 Å². The lowest BCUT2D eigenvalue weighted by Gasteiger charge is -1.93. The summed E-state index contributed by atoms with van der Waals surface area (Å²) in [7, 11) is 0. The topological polar surface area (TPSA) is 37.3 Å². The van der Waals surface area contributed by atoms with Crippen LogP contribution in [0.3, 0.4) is 0 Å². The number of carboxylic acid groups (broad SMARTS) is 1. The maximum atomic E-state index is 10.4. The molecule has 0 spiro atoms. The lowest BCUT2D eigenvalue weighted by molar-refractivity contribution is -0.131. The van der Waals surface area contributed by atoms with Gasteiger partial charge in [0.15, 0.2) is 0 Å². The monoisotopic (exact) mass is 198 g/mol. The Labute approximate surface area is 87.8 Å². The average molecular weight is 198 g/mol. The Bertz CT molecular complexity index is 486. The van der Waals surface area contributed by atoms with Crippen LogP contribution < -0.4 is 0 Å². The van der Waals surface area contributed by atoms with Gasteiger partial charge in [0.05, 0.1) is 0 Å². The van der Waals surface area contributed by atoms with Crippen molar-refractivity contribution in [2.45, 2.75) is 0 Å². The van der Waals surface area contributed by atoms with Gasteiger partial charge in [0.25, 0.3) is 0 Å². The SMILES string of the molecule is O=C(O)/C=C/c1ccc2cccccc1-2. The van der Waals surface area contributed by atoms with Gasteiger partial charge in [0.2, 0.25) is 0 Å². The lowest BCUT2D eigenvalue weighted by atomic mass is 10.1. The van der Waals surface area contributed by atoms with E-state index in [0.717, 1.165) is 22.8 Å². The van der Waals surface area contributed by atoms with Gasteiger partial charge in [-0.1, -0.05) is 42.5 Å². The highest BCUT2D eigenvalue weighted by molar-refractivity contribution is 5.88. The van der Waals surface area contributed by atoms with Crippen LogP contribution in [0.4, 0.5) is 0 Å². The number of carbonyl (C=O) groups is 1.